The van der Waals surface area contributed by atoms with Crippen LogP contribution in [0, 0.1) is 0 Å². The Kier molecular flexibility index (Phi) is 8.20. The normalized spacial score (nSPS) is 11.0. The van der Waals surface area contributed by atoms with Crippen LogP contribution >= 0.6 is 8.60 Å². The molecule has 1 aromatic rings. The van der Waals surface area contributed by atoms with Crippen LogP contribution in [0.2, 0.25) is 0 Å². The van der Waals surface area contributed by atoms with Crippen LogP contribution in [-0.2, 0) is 20.2 Å². The lowest BCUT2D eigenvalue weighted by molar-refractivity contribution is 0.154. The molecular weight excluding hydrogens is 235 g/mol. The van der Waals surface area contributed by atoms with Gasteiger partial charge in [-0.1, -0.05) is 44.2 Å². The Labute approximate surface area is 105 Å². The van der Waals surface area contributed by atoms with Crippen molar-refractivity contribution in [3.63, 3.8) is 0 Å². The second-order valence-corrected chi connectivity index (χ2v) is 4.87. The Bertz CT molecular complexity index is 271. The molecule has 0 spiro atoms. The molecule has 1 rings (SSSR count). The van der Waals surface area contributed by atoms with Crippen molar-refractivity contribution in [3.8, 4) is 0 Å². The highest BCUT2D eigenvalue weighted by atomic mass is 31.2. The van der Waals surface area contributed by atoms with Crippen LogP contribution in [0.15, 0.2) is 30.3 Å². The molecule has 0 aliphatic heterocycles. The van der Waals surface area contributed by atoms with Gasteiger partial charge in [0.1, 0.15) is 0 Å². The standard InChI is InChI=1S/C13H21O3P/c1-3-10-14-17(15-11-4-2)16-12-13-8-6-5-7-9-13/h5-9H,3-4,10-12H2,1-2H3. The molecule has 96 valence electrons. The first-order valence-corrected chi connectivity index (χ1v) is 7.19. The van der Waals surface area contributed by atoms with Gasteiger partial charge in [-0.15, -0.1) is 0 Å². The summed E-state index contributed by atoms with van der Waals surface area (Å²) < 4.78 is 16.7. The summed E-state index contributed by atoms with van der Waals surface area (Å²) in [4.78, 5) is 0. The Morgan fingerprint density at radius 1 is 0.882 bits per heavy atom. The van der Waals surface area contributed by atoms with Gasteiger partial charge in [0.2, 0.25) is 0 Å². The van der Waals surface area contributed by atoms with Gasteiger partial charge in [-0.05, 0) is 18.4 Å². The number of hydrogen-bond acceptors (Lipinski definition) is 3. The lowest BCUT2D eigenvalue weighted by Gasteiger charge is -2.16. The Balaban J connectivity index is 2.31. The van der Waals surface area contributed by atoms with Crippen LogP contribution in [0.3, 0.4) is 0 Å². The molecule has 0 atom stereocenters. The molecule has 17 heavy (non-hydrogen) atoms. The molecule has 4 heteroatoms. The van der Waals surface area contributed by atoms with E-state index in [1.165, 1.54) is 0 Å². The van der Waals surface area contributed by atoms with Gasteiger partial charge in [-0.3, -0.25) is 0 Å². The van der Waals surface area contributed by atoms with Gasteiger partial charge in [-0.2, -0.15) is 0 Å². The average molecular weight is 256 g/mol. The molecule has 3 nitrogen and oxygen atoms in total. The predicted molar refractivity (Wildman–Crippen MR) is 70.6 cm³/mol. The largest absolute Gasteiger partial charge is 0.332 e. The maximum atomic E-state index is 5.65. The van der Waals surface area contributed by atoms with Crippen LogP contribution in [0.4, 0.5) is 0 Å². The smallest absolute Gasteiger partial charge is 0.312 e. The first-order valence-electron chi connectivity index (χ1n) is 6.09. The zero-order valence-corrected chi connectivity index (χ0v) is 11.5. The third-order valence-electron chi connectivity index (χ3n) is 1.98. The average Bonchev–Trinajstić information content (AvgIpc) is 2.39. The maximum absolute atomic E-state index is 5.65. The van der Waals surface area contributed by atoms with Crippen molar-refractivity contribution in [1.29, 1.82) is 0 Å². The van der Waals surface area contributed by atoms with E-state index in [1.54, 1.807) is 0 Å². The van der Waals surface area contributed by atoms with Crippen LogP contribution < -0.4 is 0 Å². The summed E-state index contributed by atoms with van der Waals surface area (Å²) in [7, 11) is -1.20. The number of rotatable bonds is 9. The van der Waals surface area contributed by atoms with Gasteiger partial charge in [0.15, 0.2) is 0 Å². The summed E-state index contributed by atoms with van der Waals surface area (Å²) in [5.41, 5.74) is 1.14. The molecule has 0 N–H and O–H groups in total. The third-order valence-corrected chi connectivity index (χ3v) is 3.11. The van der Waals surface area contributed by atoms with Gasteiger partial charge >= 0.3 is 8.60 Å². The second kappa shape index (κ2) is 9.55. The first kappa shape index (κ1) is 14.6. The molecule has 0 radical (unpaired) electrons. The fourth-order valence-electron chi connectivity index (χ4n) is 1.14. The maximum Gasteiger partial charge on any atom is 0.332 e. The van der Waals surface area contributed by atoms with E-state index in [0.29, 0.717) is 19.8 Å². The molecule has 0 amide bonds. The minimum Gasteiger partial charge on any atom is -0.312 e. The van der Waals surface area contributed by atoms with Crippen molar-refractivity contribution in [2.75, 3.05) is 13.2 Å². The van der Waals surface area contributed by atoms with Crippen molar-refractivity contribution < 1.29 is 13.6 Å². The predicted octanol–water partition coefficient (Wildman–Crippen LogP) is 4.28. The van der Waals surface area contributed by atoms with Gasteiger partial charge < -0.3 is 13.6 Å². The fraction of sp³-hybridized carbons (Fsp3) is 0.538. The molecular formula is C13H21O3P. The second-order valence-electron chi connectivity index (χ2n) is 3.65. The summed E-state index contributed by atoms with van der Waals surface area (Å²) in [5, 5.41) is 0. The topological polar surface area (TPSA) is 27.7 Å². The van der Waals surface area contributed by atoms with Gasteiger partial charge in [0.05, 0.1) is 19.8 Å². The summed E-state index contributed by atoms with van der Waals surface area (Å²) >= 11 is 0. The van der Waals surface area contributed by atoms with Crippen LogP contribution in [0.25, 0.3) is 0 Å². The first-order chi connectivity index (χ1) is 8.36. The lowest BCUT2D eigenvalue weighted by Crippen LogP contribution is -1.98. The Hall–Kier alpha value is -0.470. The monoisotopic (exact) mass is 256 g/mol. The number of benzene rings is 1. The van der Waals surface area contributed by atoms with Crippen molar-refractivity contribution >= 4 is 8.60 Å². The quantitative estimate of drug-likeness (QED) is 0.617. The van der Waals surface area contributed by atoms with Crippen LogP contribution in [0.1, 0.15) is 32.3 Å². The minimum absolute atomic E-state index is 0.542. The van der Waals surface area contributed by atoms with Gasteiger partial charge in [-0.25, -0.2) is 0 Å². The molecule has 0 unspecified atom stereocenters. The van der Waals surface area contributed by atoms with E-state index in [4.69, 9.17) is 13.6 Å². The van der Waals surface area contributed by atoms with Crippen molar-refractivity contribution in [2.45, 2.75) is 33.3 Å². The Morgan fingerprint density at radius 3 is 2.00 bits per heavy atom. The van der Waals surface area contributed by atoms with E-state index >= 15 is 0 Å². The van der Waals surface area contributed by atoms with Crippen LogP contribution in [0.5, 0.6) is 0 Å². The SMILES string of the molecule is CCCOP(OCCC)OCc1ccccc1. The summed E-state index contributed by atoms with van der Waals surface area (Å²) in [6.07, 6.45) is 1.95. The summed E-state index contributed by atoms with van der Waals surface area (Å²) in [5.74, 6) is 0. The molecule has 0 aliphatic rings. The Morgan fingerprint density at radius 2 is 1.47 bits per heavy atom. The molecule has 0 heterocycles. The molecule has 0 aliphatic carbocycles. The highest BCUT2D eigenvalue weighted by Crippen LogP contribution is 2.40. The highest BCUT2D eigenvalue weighted by Gasteiger charge is 2.11. The van der Waals surface area contributed by atoms with E-state index in [0.717, 1.165) is 18.4 Å². The third kappa shape index (κ3) is 6.75. The molecule has 0 aromatic heterocycles. The van der Waals surface area contributed by atoms with Gasteiger partial charge in [0.25, 0.3) is 0 Å². The zero-order valence-electron chi connectivity index (χ0n) is 10.6. The summed E-state index contributed by atoms with van der Waals surface area (Å²) in [6, 6.07) is 10.1. The van der Waals surface area contributed by atoms with Crippen molar-refractivity contribution in [1.82, 2.24) is 0 Å². The van der Waals surface area contributed by atoms with E-state index in [9.17, 15) is 0 Å². The number of hydrogen-bond donors (Lipinski definition) is 0. The van der Waals surface area contributed by atoms with Crippen LogP contribution in [-0.4, -0.2) is 13.2 Å². The van der Waals surface area contributed by atoms with E-state index in [-0.39, 0.29) is 0 Å². The molecule has 0 saturated heterocycles. The van der Waals surface area contributed by atoms with E-state index in [1.807, 2.05) is 30.3 Å². The van der Waals surface area contributed by atoms with E-state index < -0.39 is 8.60 Å². The lowest BCUT2D eigenvalue weighted by atomic mass is 10.2. The zero-order chi connectivity index (χ0) is 12.3. The van der Waals surface area contributed by atoms with Crippen molar-refractivity contribution in [3.05, 3.63) is 35.9 Å². The summed E-state index contributed by atoms with van der Waals surface area (Å²) in [6.45, 7) is 6.06. The van der Waals surface area contributed by atoms with E-state index in [2.05, 4.69) is 13.8 Å². The molecule has 0 fully saturated rings. The highest BCUT2D eigenvalue weighted by molar-refractivity contribution is 7.41. The van der Waals surface area contributed by atoms with Crippen molar-refractivity contribution in [2.24, 2.45) is 0 Å². The molecule has 0 saturated carbocycles. The van der Waals surface area contributed by atoms with Gasteiger partial charge in [0, 0.05) is 0 Å². The minimum atomic E-state index is -1.20. The fourth-order valence-corrected chi connectivity index (χ4v) is 2.29. The molecule has 1 aromatic carbocycles. The molecule has 0 bridgehead atoms.